The van der Waals surface area contributed by atoms with E-state index >= 15 is 0 Å². The van der Waals surface area contributed by atoms with Crippen LogP contribution in [-0.4, -0.2) is 16.1 Å². The van der Waals surface area contributed by atoms with Gasteiger partial charge in [0.15, 0.2) is 0 Å². The van der Waals surface area contributed by atoms with E-state index in [1.165, 1.54) is 0 Å². The predicted octanol–water partition coefficient (Wildman–Crippen LogP) is -0.0689. The van der Waals surface area contributed by atoms with Crippen LogP contribution in [0.15, 0.2) is 12.3 Å². The average molecular weight is 124 g/mol. The maximum atomic E-state index is 10.6. The monoisotopic (exact) mass is 124 g/mol. The summed E-state index contributed by atoms with van der Waals surface area (Å²) >= 11 is 0. The minimum absolute atomic E-state index is 0.281. The molecule has 0 bridgehead atoms. The summed E-state index contributed by atoms with van der Waals surface area (Å²) in [6.45, 7) is 0. The predicted molar refractivity (Wildman–Crippen MR) is 31.4 cm³/mol. The lowest BCUT2D eigenvalue weighted by atomic mass is 10.4. The lowest BCUT2D eigenvalue weighted by Crippen LogP contribution is -2.15. The van der Waals surface area contributed by atoms with E-state index in [1.807, 2.05) is 0 Å². The Morgan fingerprint density at radius 3 is 3.11 bits per heavy atom. The van der Waals surface area contributed by atoms with Crippen molar-refractivity contribution >= 4 is 5.91 Å². The van der Waals surface area contributed by atoms with Crippen LogP contribution < -0.4 is 5.32 Å². The van der Waals surface area contributed by atoms with Crippen molar-refractivity contribution in [1.82, 2.24) is 15.5 Å². The SMILES string of the molecule is [CH2]NC(=O)c1cc[nH]n1. The number of nitrogens with one attached hydrogen (secondary N) is 2. The molecule has 2 N–H and O–H groups in total. The van der Waals surface area contributed by atoms with Gasteiger partial charge in [-0.2, -0.15) is 5.10 Å². The van der Waals surface area contributed by atoms with Crippen LogP contribution in [0, 0.1) is 7.05 Å². The van der Waals surface area contributed by atoms with Gasteiger partial charge in [-0.1, -0.05) is 0 Å². The van der Waals surface area contributed by atoms with Crippen molar-refractivity contribution in [3.8, 4) is 0 Å². The van der Waals surface area contributed by atoms with Crippen molar-refractivity contribution in [2.45, 2.75) is 0 Å². The van der Waals surface area contributed by atoms with Gasteiger partial charge >= 0.3 is 0 Å². The summed E-state index contributed by atoms with van der Waals surface area (Å²) in [5.74, 6) is -0.281. The Kier molecular flexibility index (Phi) is 1.48. The summed E-state index contributed by atoms with van der Waals surface area (Å²) in [6.07, 6.45) is 1.57. The van der Waals surface area contributed by atoms with Gasteiger partial charge in [0, 0.05) is 13.2 Å². The molecule has 4 heteroatoms. The normalized spacial score (nSPS) is 9.00. The Balaban J connectivity index is 2.77. The molecule has 4 nitrogen and oxygen atoms in total. The van der Waals surface area contributed by atoms with Gasteiger partial charge in [0.25, 0.3) is 5.91 Å². The summed E-state index contributed by atoms with van der Waals surface area (Å²) in [5, 5.41) is 8.31. The van der Waals surface area contributed by atoms with Crippen molar-refractivity contribution in [2.24, 2.45) is 0 Å². The minimum atomic E-state index is -0.281. The van der Waals surface area contributed by atoms with E-state index in [0.29, 0.717) is 5.69 Å². The highest BCUT2D eigenvalue weighted by Gasteiger charge is 2.01. The third-order valence-corrected chi connectivity index (χ3v) is 0.894. The third kappa shape index (κ3) is 1.07. The van der Waals surface area contributed by atoms with Crippen LogP contribution in [0.1, 0.15) is 10.5 Å². The molecular formula is C5H6N3O. The number of nitrogens with zero attached hydrogens (tertiary/aromatic N) is 1. The first-order valence-electron chi connectivity index (χ1n) is 2.42. The van der Waals surface area contributed by atoms with Gasteiger partial charge < -0.3 is 5.32 Å². The van der Waals surface area contributed by atoms with Crippen molar-refractivity contribution in [1.29, 1.82) is 0 Å². The second-order valence-corrected chi connectivity index (χ2v) is 1.47. The number of hydrogen-bond acceptors (Lipinski definition) is 2. The molecule has 1 amide bonds. The van der Waals surface area contributed by atoms with E-state index in [-0.39, 0.29) is 5.91 Å². The van der Waals surface area contributed by atoms with Gasteiger partial charge in [-0.05, 0) is 6.07 Å². The number of rotatable bonds is 1. The van der Waals surface area contributed by atoms with Gasteiger partial charge in [-0.25, -0.2) is 0 Å². The fourth-order valence-electron chi connectivity index (χ4n) is 0.477. The fourth-order valence-corrected chi connectivity index (χ4v) is 0.477. The average Bonchev–Trinajstić information content (AvgIpc) is 2.37. The topological polar surface area (TPSA) is 57.8 Å². The van der Waals surface area contributed by atoms with E-state index in [9.17, 15) is 4.79 Å². The van der Waals surface area contributed by atoms with Crippen LogP contribution in [0.2, 0.25) is 0 Å². The van der Waals surface area contributed by atoms with Gasteiger partial charge in [0.05, 0.1) is 0 Å². The summed E-state index contributed by atoms with van der Waals surface area (Å²) < 4.78 is 0. The molecule has 0 saturated heterocycles. The zero-order chi connectivity index (χ0) is 6.69. The van der Waals surface area contributed by atoms with Crippen LogP contribution in [-0.2, 0) is 0 Å². The van der Waals surface area contributed by atoms with E-state index in [4.69, 9.17) is 0 Å². The summed E-state index contributed by atoms with van der Waals surface area (Å²) in [4.78, 5) is 10.6. The maximum Gasteiger partial charge on any atom is 0.271 e. The number of amides is 1. The first kappa shape index (κ1) is 5.81. The molecule has 1 radical (unpaired) electrons. The zero-order valence-corrected chi connectivity index (χ0v) is 4.72. The Hall–Kier alpha value is -1.32. The van der Waals surface area contributed by atoms with Gasteiger partial charge in [0.2, 0.25) is 0 Å². The molecule has 0 spiro atoms. The van der Waals surface area contributed by atoms with E-state index < -0.39 is 0 Å². The molecule has 1 aromatic rings. The highest BCUT2D eigenvalue weighted by Crippen LogP contribution is 1.88. The van der Waals surface area contributed by atoms with Gasteiger partial charge in [0.1, 0.15) is 5.69 Å². The van der Waals surface area contributed by atoms with Gasteiger partial charge in [-0.3, -0.25) is 9.89 Å². The molecular weight excluding hydrogens is 118 g/mol. The van der Waals surface area contributed by atoms with E-state index in [2.05, 4.69) is 22.6 Å². The van der Waals surface area contributed by atoms with Crippen molar-refractivity contribution in [3.05, 3.63) is 25.0 Å². The molecule has 0 atom stereocenters. The fraction of sp³-hybridized carbons (Fsp3) is 0. The zero-order valence-electron chi connectivity index (χ0n) is 4.72. The quantitative estimate of drug-likeness (QED) is 0.550. The third-order valence-electron chi connectivity index (χ3n) is 0.894. The largest absolute Gasteiger partial charge is 0.349 e. The standard InChI is InChI=1S/C5H6N3O/c1-6-5(9)4-2-3-7-8-4/h2-3H,1H2,(H,6,9)(H,7,8). The Morgan fingerprint density at radius 2 is 2.67 bits per heavy atom. The summed E-state index contributed by atoms with van der Waals surface area (Å²) in [5.41, 5.74) is 0.352. The molecule has 0 saturated carbocycles. The first-order valence-corrected chi connectivity index (χ1v) is 2.42. The molecule has 0 aliphatic carbocycles. The van der Waals surface area contributed by atoms with Crippen LogP contribution >= 0.6 is 0 Å². The molecule has 0 unspecified atom stereocenters. The molecule has 1 rings (SSSR count). The van der Waals surface area contributed by atoms with Crippen LogP contribution in [0.25, 0.3) is 0 Å². The molecule has 47 valence electrons. The molecule has 0 aliphatic rings. The Bertz CT molecular complexity index is 192. The minimum Gasteiger partial charge on any atom is -0.349 e. The Labute approximate surface area is 52.3 Å². The first-order chi connectivity index (χ1) is 4.34. The second kappa shape index (κ2) is 2.30. The number of aromatic nitrogens is 2. The van der Waals surface area contributed by atoms with E-state index in [1.54, 1.807) is 12.3 Å². The van der Waals surface area contributed by atoms with Crippen molar-refractivity contribution in [3.63, 3.8) is 0 Å². The van der Waals surface area contributed by atoms with Crippen LogP contribution in [0.4, 0.5) is 0 Å². The number of aromatic amines is 1. The van der Waals surface area contributed by atoms with Gasteiger partial charge in [-0.15, -0.1) is 0 Å². The lowest BCUT2D eigenvalue weighted by molar-refractivity contribution is 0.0964. The van der Waals surface area contributed by atoms with E-state index in [0.717, 1.165) is 0 Å². The smallest absolute Gasteiger partial charge is 0.271 e. The van der Waals surface area contributed by atoms with Crippen LogP contribution in [0.3, 0.4) is 0 Å². The number of carbonyl (C=O) groups excluding carboxylic acids is 1. The molecule has 0 aromatic carbocycles. The highest BCUT2D eigenvalue weighted by molar-refractivity contribution is 5.92. The maximum absolute atomic E-state index is 10.6. The Morgan fingerprint density at radius 1 is 1.89 bits per heavy atom. The van der Waals surface area contributed by atoms with Crippen molar-refractivity contribution < 1.29 is 4.79 Å². The number of hydrogen-bond donors (Lipinski definition) is 2. The molecule has 1 aromatic heterocycles. The van der Waals surface area contributed by atoms with Crippen LogP contribution in [0.5, 0.6) is 0 Å². The van der Waals surface area contributed by atoms with Crippen molar-refractivity contribution in [2.75, 3.05) is 0 Å². The molecule has 0 fully saturated rings. The second-order valence-electron chi connectivity index (χ2n) is 1.47. The highest BCUT2D eigenvalue weighted by atomic mass is 16.1. The number of H-pyrrole nitrogens is 1. The number of carbonyl (C=O) groups is 1. The molecule has 1 heterocycles. The molecule has 9 heavy (non-hydrogen) atoms. The lowest BCUT2D eigenvalue weighted by Gasteiger charge is -1.88. The summed E-state index contributed by atoms with van der Waals surface area (Å²) in [7, 11) is 3.19. The molecule has 0 aliphatic heterocycles. The summed E-state index contributed by atoms with van der Waals surface area (Å²) in [6, 6.07) is 1.57.